The molecule has 88 valence electrons. The second-order valence-corrected chi connectivity index (χ2v) is 5.17. The first-order chi connectivity index (χ1) is 7.28. The molecule has 0 aromatic heterocycles. The van der Waals surface area contributed by atoms with Gasteiger partial charge in [0, 0.05) is 0 Å². The molecule has 16 heavy (non-hydrogen) atoms. The maximum Gasteiger partial charge on any atom is 0.309 e. The van der Waals surface area contributed by atoms with Gasteiger partial charge in [0.25, 0.3) is 0 Å². The summed E-state index contributed by atoms with van der Waals surface area (Å²) in [6, 6.07) is 3.49. The van der Waals surface area contributed by atoms with E-state index < -0.39 is 32.3 Å². The lowest BCUT2D eigenvalue weighted by Crippen LogP contribution is -2.24. The molecule has 1 aromatic carbocycles. The van der Waals surface area contributed by atoms with Gasteiger partial charge in [-0.05, 0) is 19.9 Å². The van der Waals surface area contributed by atoms with Crippen molar-refractivity contribution < 1.29 is 18.1 Å². The second-order valence-electron chi connectivity index (χ2n) is 3.65. The van der Waals surface area contributed by atoms with E-state index in [0.29, 0.717) is 0 Å². The van der Waals surface area contributed by atoms with Crippen LogP contribution >= 0.6 is 0 Å². The van der Waals surface area contributed by atoms with Crippen LogP contribution < -0.4 is 0 Å². The fourth-order valence-electron chi connectivity index (χ4n) is 1.28. The Morgan fingerprint density at radius 1 is 1.50 bits per heavy atom. The van der Waals surface area contributed by atoms with Crippen LogP contribution in [0.5, 0.6) is 0 Å². The molecule has 0 saturated carbocycles. The van der Waals surface area contributed by atoms with Gasteiger partial charge in [-0.1, -0.05) is 12.1 Å². The van der Waals surface area contributed by atoms with Crippen molar-refractivity contribution in [2.24, 2.45) is 0 Å². The number of benzene rings is 1. The molecule has 0 amide bonds. The monoisotopic (exact) mass is 247 g/mol. The van der Waals surface area contributed by atoms with Crippen molar-refractivity contribution >= 4 is 16.8 Å². The Bertz CT molecular complexity index is 461. The molecule has 5 nitrogen and oxygen atoms in total. The van der Waals surface area contributed by atoms with E-state index in [4.69, 9.17) is 4.55 Å². The molecular weight excluding hydrogens is 237 g/mol. The minimum absolute atomic E-state index is 0.0988. The first-order valence-electron chi connectivity index (χ1n) is 4.33. The average Bonchev–Trinajstić information content (AvgIpc) is 2.16. The maximum atomic E-state index is 13.3. The molecule has 0 heterocycles. The third kappa shape index (κ3) is 2.10. The zero-order valence-electron chi connectivity index (χ0n) is 8.64. The van der Waals surface area contributed by atoms with Crippen molar-refractivity contribution in [1.82, 2.24) is 0 Å². The lowest BCUT2D eigenvalue weighted by molar-refractivity contribution is -0.388. The molecule has 1 atom stereocenters. The molecule has 0 bridgehead atoms. The highest BCUT2D eigenvalue weighted by Gasteiger charge is 2.36. The summed E-state index contributed by atoms with van der Waals surface area (Å²) in [5.74, 6) is -1.01. The van der Waals surface area contributed by atoms with Gasteiger partial charge in [0.1, 0.15) is 0 Å². The number of nitro groups is 1. The third-order valence-electron chi connectivity index (χ3n) is 2.25. The van der Waals surface area contributed by atoms with Gasteiger partial charge >= 0.3 is 5.69 Å². The molecule has 0 aliphatic rings. The zero-order chi connectivity index (χ0) is 12.5. The van der Waals surface area contributed by atoms with E-state index in [1.807, 2.05) is 0 Å². The standard InChI is InChI=1S/C9H10FNO4S/c1-9(2,16(14)15)6-4-3-5-7(10)8(6)11(12)13/h3-5H,1-2H3,(H,14,15). The van der Waals surface area contributed by atoms with Crippen molar-refractivity contribution in [2.75, 3.05) is 0 Å². The van der Waals surface area contributed by atoms with Gasteiger partial charge in [0.2, 0.25) is 5.82 Å². The van der Waals surface area contributed by atoms with E-state index in [9.17, 15) is 18.7 Å². The van der Waals surface area contributed by atoms with E-state index in [-0.39, 0.29) is 5.56 Å². The Morgan fingerprint density at radius 2 is 2.06 bits per heavy atom. The molecule has 0 radical (unpaired) electrons. The molecule has 0 aliphatic carbocycles. The highest BCUT2D eigenvalue weighted by Crippen LogP contribution is 2.34. The van der Waals surface area contributed by atoms with Crippen molar-refractivity contribution in [3.05, 3.63) is 39.7 Å². The predicted octanol–water partition coefficient (Wildman–Crippen LogP) is 2.19. The summed E-state index contributed by atoms with van der Waals surface area (Å²) >= 11 is -2.33. The molecule has 1 N–H and O–H groups in total. The van der Waals surface area contributed by atoms with Gasteiger partial charge in [0.15, 0.2) is 11.1 Å². The van der Waals surface area contributed by atoms with Gasteiger partial charge in [-0.2, -0.15) is 4.39 Å². The van der Waals surface area contributed by atoms with Crippen molar-refractivity contribution in [2.45, 2.75) is 18.6 Å². The number of hydrogen-bond acceptors (Lipinski definition) is 3. The number of nitrogens with zero attached hydrogens (tertiary/aromatic N) is 1. The van der Waals surface area contributed by atoms with Crippen molar-refractivity contribution in [3.8, 4) is 0 Å². The van der Waals surface area contributed by atoms with Gasteiger partial charge < -0.3 is 4.55 Å². The van der Waals surface area contributed by atoms with E-state index in [1.165, 1.54) is 26.0 Å². The number of halogens is 1. The van der Waals surface area contributed by atoms with Crippen molar-refractivity contribution in [1.29, 1.82) is 0 Å². The SMILES string of the molecule is CC(C)(c1cccc(F)c1[N+](=O)[O-])S(=O)O. The Labute approximate surface area is 93.7 Å². The smallest absolute Gasteiger partial charge is 0.305 e. The first kappa shape index (κ1) is 12.7. The normalized spacial score (nSPS) is 13.5. The molecule has 7 heteroatoms. The minimum atomic E-state index is -2.33. The van der Waals surface area contributed by atoms with Crippen LogP contribution in [-0.2, 0) is 15.8 Å². The summed E-state index contributed by atoms with van der Waals surface area (Å²) in [6.45, 7) is 2.68. The lowest BCUT2D eigenvalue weighted by Gasteiger charge is -2.20. The number of nitro benzene ring substituents is 1. The molecule has 0 saturated heterocycles. The summed E-state index contributed by atoms with van der Waals surface area (Å²) in [6.07, 6.45) is 0. The van der Waals surface area contributed by atoms with Crippen LogP contribution in [0.3, 0.4) is 0 Å². The van der Waals surface area contributed by atoms with E-state index in [0.717, 1.165) is 6.07 Å². The minimum Gasteiger partial charge on any atom is -0.305 e. The molecule has 0 spiro atoms. The third-order valence-corrected chi connectivity index (χ3v) is 3.35. The Balaban J connectivity index is 3.51. The molecule has 0 fully saturated rings. The predicted molar refractivity (Wildman–Crippen MR) is 56.9 cm³/mol. The quantitative estimate of drug-likeness (QED) is 0.504. The Kier molecular flexibility index (Phi) is 3.39. The molecule has 1 rings (SSSR count). The number of hydrogen-bond donors (Lipinski definition) is 1. The van der Waals surface area contributed by atoms with Crippen molar-refractivity contribution in [3.63, 3.8) is 0 Å². The highest BCUT2D eigenvalue weighted by molar-refractivity contribution is 7.80. The second kappa shape index (κ2) is 4.26. The molecule has 1 unspecified atom stereocenters. The zero-order valence-corrected chi connectivity index (χ0v) is 9.45. The van der Waals surface area contributed by atoms with Gasteiger partial charge in [0.05, 0.1) is 15.2 Å². The average molecular weight is 247 g/mol. The maximum absolute atomic E-state index is 13.3. The summed E-state index contributed by atoms with van der Waals surface area (Å²) < 4.78 is 32.0. The van der Waals surface area contributed by atoms with Crippen LogP contribution in [0.1, 0.15) is 19.4 Å². The topological polar surface area (TPSA) is 80.4 Å². The summed E-state index contributed by atoms with van der Waals surface area (Å²) in [4.78, 5) is 9.81. The van der Waals surface area contributed by atoms with Gasteiger partial charge in [-0.3, -0.25) is 10.1 Å². The lowest BCUT2D eigenvalue weighted by atomic mass is 10.00. The summed E-state index contributed by atoms with van der Waals surface area (Å²) in [5.41, 5.74) is -0.853. The fraction of sp³-hybridized carbons (Fsp3) is 0.333. The highest BCUT2D eigenvalue weighted by atomic mass is 32.2. The Morgan fingerprint density at radius 3 is 2.50 bits per heavy atom. The van der Waals surface area contributed by atoms with E-state index in [1.54, 1.807) is 0 Å². The molecule has 0 aliphatic heterocycles. The summed E-state index contributed by atoms with van der Waals surface area (Å²) in [7, 11) is 0. The van der Waals surface area contributed by atoms with E-state index in [2.05, 4.69) is 0 Å². The largest absolute Gasteiger partial charge is 0.309 e. The van der Waals surface area contributed by atoms with Crippen LogP contribution in [0.4, 0.5) is 10.1 Å². The van der Waals surface area contributed by atoms with Crippen LogP contribution in [0, 0.1) is 15.9 Å². The van der Waals surface area contributed by atoms with Gasteiger partial charge in [-0.25, -0.2) is 4.21 Å². The van der Waals surface area contributed by atoms with Crippen LogP contribution in [0.15, 0.2) is 18.2 Å². The van der Waals surface area contributed by atoms with Crippen LogP contribution in [-0.4, -0.2) is 13.7 Å². The molecular formula is C9H10FNO4S. The summed E-state index contributed by atoms with van der Waals surface area (Å²) in [5, 5.41) is 10.7. The molecule has 1 aromatic rings. The fourth-order valence-corrected chi connectivity index (χ4v) is 1.63. The first-order valence-corrected chi connectivity index (χ1v) is 5.43. The number of para-hydroxylation sites is 1. The van der Waals surface area contributed by atoms with E-state index >= 15 is 0 Å². The Hall–Kier alpha value is -1.34. The number of rotatable bonds is 3. The van der Waals surface area contributed by atoms with Crippen LogP contribution in [0.2, 0.25) is 0 Å². The van der Waals surface area contributed by atoms with Gasteiger partial charge in [-0.15, -0.1) is 0 Å². The van der Waals surface area contributed by atoms with Crippen LogP contribution in [0.25, 0.3) is 0 Å².